The van der Waals surface area contributed by atoms with Gasteiger partial charge in [0, 0.05) is 34.9 Å². The monoisotopic (exact) mass is 253 g/mol. The Hall–Kier alpha value is -1.16. The van der Waals surface area contributed by atoms with E-state index in [1.165, 1.54) is 0 Å². The Morgan fingerprint density at radius 1 is 1.41 bits per heavy atom. The smallest absolute Gasteiger partial charge is 0.251 e. The van der Waals surface area contributed by atoms with Crippen LogP contribution in [0, 0.1) is 0 Å². The SMILES string of the molecule is CCCC[S@](=O)Cc1cccc(C(=O)NC)c1. The quantitative estimate of drug-likeness (QED) is 0.844. The van der Waals surface area contributed by atoms with Crippen LogP contribution >= 0.6 is 0 Å². The summed E-state index contributed by atoms with van der Waals surface area (Å²) in [5.74, 6) is 1.16. The molecule has 1 N–H and O–H groups in total. The molecule has 1 aromatic carbocycles. The van der Waals surface area contributed by atoms with Gasteiger partial charge in [0.2, 0.25) is 0 Å². The maximum atomic E-state index is 11.7. The van der Waals surface area contributed by atoms with Crippen molar-refractivity contribution < 1.29 is 9.00 Å². The summed E-state index contributed by atoms with van der Waals surface area (Å²) >= 11 is 0. The lowest BCUT2D eigenvalue weighted by Gasteiger charge is -2.04. The van der Waals surface area contributed by atoms with Crippen molar-refractivity contribution in [2.24, 2.45) is 0 Å². The van der Waals surface area contributed by atoms with Crippen LogP contribution < -0.4 is 5.32 Å². The van der Waals surface area contributed by atoms with E-state index < -0.39 is 10.8 Å². The van der Waals surface area contributed by atoms with E-state index in [1.54, 1.807) is 13.1 Å². The molecule has 4 heteroatoms. The van der Waals surface area contributed by atoms with Crippen molar-refractivity contribution in [1.29, 1.82) is 0 Å². The van der Waals surface area contributed by atoms with Gasteiger partial charge in [-0.05, 0) is 24.1 Å². The molecule has 0 saturated heterocycles. The van der Waals surface area contributed by atoms with Crippen LogP contribution in [0.25, 0.3) is 0 Å². The molecule has 0 unspecified atom stereocenters. The molecule has 1 rings (SSSR count). The number of nitrogens with one attached hydrogen (secondary N) is 1. The van der Waals surface area contributed by atoms with E-state index in [0.29, 0.717) is 11.3 Å². The number of benzene rings is 1. The van der Waals surface area contributed by atoms with E-state index in [-0.39, 0.29) is 5.91 Å². The van der Waals surface area contributed by atoms with E-state index in [2.05, 4.69) is 12.2 Å². The lowest BCUT2D eigenvalue weighted by molar-refractivity contribution is 0.0963. The highest BCUT2D eigenvalue weighted by Crippen LogP contribution is 2.08. The third-order valence-electron chi connectivity index (χ3n) is 2.47. The third kappa shape index (κ3) is 4.69. The minimum atomic E-state index is -0.826. The van der Waals surface area contributed by atoms with E-state index >= 15 is 0 Å². The summed E-state index contributed by atoms with van der Waals surface area (Å²) < 4.78 is 11.7. The summed E-state index contributed by atoms with van der Waals surface area (Å²) in [4.78, 5) is 11.4. The fourth-order valence-corrected chi connectivity index (χ4v) is 2.82. The number of unbranched alkanes of at least 4 members (excludes halogenated alkanes) is 1. The second kappa shape index (κ2) is 7.22. The molecule has 0 saturated carbocycles. The highest BCUT2D eigenvalue weighted by molar-refractivity contribution is 7.84. The highest BCUT2D eigenvalue weighted by Gasteiger charge is 2.06. The van der Waals surface area contributed by atoms with Gasteiger partial charge in [-0.2, -0.15) is 0 Å². The zero-order chi connectivity index (χ0) is 12.7. The lowest BCUT2D eigenvalue weighted by atomic mass is 10.1. The van der Waals surface area contributed by atoms with Gasteiger partial charge >= 0.3 is 0 Å². The summed E-state index contributed by atoms with van der Waals surface area (Å²) in [5.41, 5.74) is 1.58. The first-order chi connectivity index (χ1) is 8.17. The van der Waals surface area contributed by atoms with Crippen molar-refractivity contribution in [3.05, 3.63) is 35.4 Å². The molecule has 0 aromatic heterocycles. The molecule has 0 aliphatic heterocycles. The molecule has 3 nitrogen and oxygen atoms in total. The molecular weight excluding hydrogens is 234 g/mol. The van der Waals surface area contributed by atoms with Gasteiger partial charge in [-0.1, -0.05) is 25.5 Å². The number of hydrogen-bond acceptors (Lipinski definition) is 2. The average molecular weight is 253 g/mol. The molecular formula is C13H19NO2S. The van der Waals surface area contributed by atoms with Crippen molar-refractivity contribution in [2.75, 3.05) is 12.8 Å². The van der Waals surface area contributed by atoms with Gasteiger partial charge in [-0.3, -0.25) is 9.00 Å². The maximum Gasteiger partial charge on any atom is 0.251 e. The Balaban J connectivity index is 2.65. The molecule has 0 aliphatic carbocycles. The Morgan fingerprint density at radius 3 is 2.82 bits per heavy atom. The second-order valence-electron chi connectivity index (χ2n) is 3.92. The fraction of sp³-hybridized carbons (Fsp3) is 0.462. The molecule has 1 amide bonds. The molecule has 0 fully saturated rings. The van der Waals surface area contributed by atoms with Crippen molar-refractivity contribution >= 4 is 16.7 Å². The predicted octanol–water partition coefficient (Wildman–Crippen LogP) is 2.09. The van der Waals surface area contributed by atoms with E-state index in [1.807, 2.05) is 18.2 Å². The van der Waals surface area contributed by atoms with Crippen LogP contribution in [0.5, 0.6) is 0 Å². The summed E-state index contributed by atoms with van der Waals surface area (Å²) in [6.07, 6.45) is 2.05. The Labute approximate surface area is 105 Å². The van der Waals surface area contributed by atoms with E-state index in [0.717, 1.165) is 24.2 Å². The summed E-state index contributed by atoms with van der Waals surface area (Å²) in [6, 6.07) is 7.31. The summed E-state index contributed by atoms with van der Waals surface area (Å²) in [6.45, 7) is 2.09. The Kier molecular flexibility index (Phi) is 5.91. The minimum Gasteiger partial charge on any atom is -0.355 e. The van der Waals surface area contributed by atoms with Gasteiger partial charge in [0.15, 0.2) is 0 Å². The maximum absolute atomic E-state index is 11.7. The van der Waals surface area contributed by atoms with Gasteiger partial charge in [-0.25, -0.2) is 0 Å². The molecule has 0 aliphatic rings. The minimum absolute atomic E-state index is 0.105. The standard InChI is InChI=1S/C13H19NO2S/c1-3-4-8-17(16)10-11-6-5-7-12(9-11)13(15)14-2/h5-7,9H,3-4,8,10H2,1-2H3,(H,14,15)/t17-/m0/s1. The van der Waals surface area contributed by atoms with E-state index in [4.69, 9.17) is 0 Å². The lowest BCUT2D eigenvalue weighted by Crippen LogP contribution is -2.17. The van der Waals surface area contributed by atoms with Gasteiger partial charge in [-0.15, -0.1) is 0 Å². The summed E-state index contributed by atoms with van der Waals surface area (Å²) in [7, 11) is 0.780. The number of rotatable bonds is 6. The van der Waals surface area contributed by atoms with Gasteiger partial charge in [0.1, 0.15) is 0 Å². The number of carbonyl (C=O) groups is 1. The van der Waals surface area contributed by atoms with E-state index in [9.17, 15) is 9.00 Å². The van der Waals surface area contributed by atoms with Crippen LogP contribution in [0.3, 0.4) is 0 Å². The highest BCUT2D eigenvalue weighted by atomic mass is 32.2. The average Bonchev–Trinajstić information content (AvgIpc) is 2.35. The molecule has 1 aromatic rings. The van der Waals surface area contributed by atoms with Crippen LogP contribution in [0.4, 0.5) is 0 Å². The molecule has 1 atom stereocenters. The molecule has 94 valence electrons. The molecule has 0 bridgehead atoms. The first-order valence-corrected chi connectivity index (χ1v) is 7.32. The first-order valence-electron chi connectivity index (χ1n) is 5.83. The Morgan fingerprint density at radius 2 is 2.18 bits per heavy atom. The van der Waals surface area contributed by atoms with Crippen LogP contribution in [-0.2, 0) is 16.6 Å². The van der Waals surface area contributed by atoms with Gasteiger partial charge in [0.05, 0.1) is 0 Å². The van der Waals surface area contributed by atoms with Crippen molar-refractivity contribution in [3.63, 3.8) is 0 Å². The summed E-state index contributed by atoms with van der Waals surface area (Å²) in [5, 5.41) is 2.58. The first kappa shape index (κ1) is 13.9. The van der Waals surface area contributed by atoms with Gasteiger partial charge in [0.25, 0.3) is 5.91 Å². The zero-order valence-corrected chi connectivity index (χ0v) is 11.2. The number of carbonyl (C=O) groups excluding carboxylic acids is 1. The van der Waals surface area contributed by atoms with Crippen LogP contribution in [-0.4, -0.2) is 22.9 Å². The predicted molar refractivity (Wildman–Crippen MR) is 71.5 cm³/mol. The van der Waals surface area contributed by atoms with Crippen LogP contribution in [0.2, 0.25) is 0 Å². The molecule has 0 radical (unpaired) electrons. The van der Waals surface area contributed by atoms with Gasteiger partial charge < -0.3 is 5.32 Å². The molecule has 17 heavy (non-hydrogen) atoms. The normalized spacial score (nSPS) is 12.1. The fourth-order valence-electron chi connectivity index (χ4n) is 1.51. The second-order valence-corrected chi connectivity index (χ2v) is 5.50. The Bertz CT molecular complexity index is 404. The van der Waals surface area contributed by atoms with Crippen molar-refractivity contribution in [2.45, 2.75) is 25.5 Å². The van der Waals surface area contributed by atoms with Crippen molar-refractivity contribution in [3.8, 4) is 0 Å². The topological polar surface area (TPSA) is 46.2 Å². The largest absolute Gasteiger partial charge is 0.355 e. The van der Waals surface area contributed by atoms with Crippen LogP contribution in [0.1, 0.15) is 35.7 Å². The number of amides is 1. The molecule has 0 heterocycles. The molecule has 0 spiro atoms. The number of hydrogen-bond donors (Lipinski definition) is 1. The third-order valence-corrected chi connectivity index (χ3v) is 3.87. The van der Waals surface area contributed by atoms with Crippen molar-refractivity contribution in [1.82, 2.24) is 5.32 Å². The zero-order valence-electron chi connectivity index (χ0n) is 10.4. The van der Waals surface area contributed by atoms with Crippen LogP contribution in [0.15, 0.2) is 24.3 Å².